The van der Waals surface area contributed by atoms with E-state index in [1.807, 2.05) is 41.3 Å². The number of unbranched alkanes of at least 4 members (excludes halogenated alkanes) is 3. The number of nitrogens with two attached hydrogens (primary N) is 2. The van der Waals surface area contributed by atoms with E-state index < -0.39 is 4.92 Å². The molecule has 0 unspecified atom stereocenters. The van der Waals surface area contributed by atoms with Crippen LogP contribution in [0.2, 0.25) is 0 Å². The second kappa shape index (κ2) is 13.7. The Morgan fingerprint density at radius 3 is 2.00 bits per heavy atom. The van der Waals surface area contributed by atoms with Crippen molar-refractivity contribution in [2.24, 2.45) is 5.73 Å². The van der Waals surface area contributed by atoms with Crippen LogP contribution in [0.25, 0.3) is 22.5 Å². The molecular weight excluding hydrogens is 458 g/mol. The van der Waals surface area contributed by atoms with Gasteiger partial charge in [0.25, 0.3) is 5.69 Å². The fourth-order valence-corrected chi connectivity index (χ4v) is 3.50. The van der Waals surface area contributed by atoms with E-state index in [2.05, 4.69) is 27.5 Å². The van der Waals surface area contributed by atoms with Gasteiger partial charge in [-0.3, -0.25) is 19.5 Å². The normalized spacial score (nSPS) is 10.6. The van der Waals surface area contributed by atoms with Gasteiger partial charge in [0.2, 0.25) is 0 Å². The van der Waals surface area contributed by atoms with Crippen molar-refractivity contribution in [1.29, 1.82) is 0 Å². The van der Waals surface area contributed by atoms with E-state index in [0.29, 0.717) is 5.69 Å². The molecule has 4 N–H and O–H groups in total. The molecule has 0 radical (unpaired) electrons. The molecule has 11 heteroatoms. The molecule has 0 saturated carbocycles. The van der Waals surface area contributed by atoms with E-state index >= 15 is 0 Å². The molecule has 190 valence electrons. The molecule has 0 fully saturated rings. The maximum absolute atomic E-state index is 10.7. The topological polar surface area (TPSA) is 157 Å². The lowest BCUT2D eigenvalue weighted by molar-refractivity contribution is -0.384. The smallest absolute Gasteiger partial charge is 0.270 e. The SMILES string of the molecule is CCCCCn1cc(-c2cccc([N+](=O)[O-])c2)nn1.NCCCCn1cc(-c2cccc(N)c2)nn1. The number of nitro groups is 1. The largest absolute Gasteiger partial charge is 0.399 e. The highest BCUT2D eigenvalue weighted by molar-refractivity contribution is 5.63. The summed E-state index contributed by atoms with van der Waals surface area (Å²) in [5.74, 6) is 0. The first-order chi connectivity index (χ1) is 17.5. The molecule has 0 aliphatic rings. The zero-order chi connectivity index (χ0) is 25.8. The van der Waals surface area contributed by atoms with Crippen molar-refractivity contribution >= 4 is 11.4 Å². The maximum atomic E-state index is 10.7. The second-order valence-corrected chi connectivity index (χ2v) is 8.37. The molecular formula is C25H33N9O2. The van der Waals surface area contributed by atoms with Gasteiger partial charge >= 0.3 is 0 Å². The standard InChI is InChI=1S/C13H16N4O2.C12H17N5/c1-2-3-4-8-16-10-13(14-15-16)11-6-5-7-12(9-11)17(18)19;13-6-1-2-7-17-9-12(15-16-17)10-4-3-5-11(14)8-10/h5-7,9-10H,2-4,8H2,1H3;3-5,8-9H,1-2,6-7,13-14H2. The molecule has 0 aliphatic carbocycles. The Balaban J connectivity index is 0.000000202. The minimum atomic E-state index is -0.408. The Labute approximate surface area is 210 Å². The lowest BCUT2D eigenvalue weighted by atomic mass is 10.1. The first-order valence-electron chi connectivity index (χ1n) is 12.1. The fraction of sp³-hybridized carbons (Fsp3) is 0.360. The summed E-state index contributed by atoms with van der Waals surface area (Å²) in [6, 6.07) is 14.1. The zero-order valence-corrected chi connectivity index (χ0v) is 20.5. The minimum Gasteiger partial charge on any atom is -0.399 e. The number of hydrogen-bond donors (Lipinski definition) is 2. The molecule has 4 rings (SSSR count). The van der Waals surface area contributed by atoms with Crippen molar-refractivity contribution in [1.82, 2.24) is 30.0 Å². The summed E-state index contributed by atoms with van der Waals surface area (Å²) in [5, 5.41) is 27.0. The molecule has 4 aromatic rings. The van der Waals surface area contributed by atoms with E-state index in [4.69, 9.17) is 11.5 Å². The predicted molar refractivity (Wildman–Crippen MR) is 140 cm³/mol. The highest BCUT2D eigenvalue weighted by Crippen LogP contribution is 2.22. The van der Waals surface area contributed by atoms with Gasteiger partial charge in [-0.15, -0.1) is 10.2 Å². The lowest BCUT2D eigenvalue weighted by Gasteiger charge is -1.98. The monoisotopic (exact) mass is 491 g/mol. The van der Waals surface area contributed by atoms with Gasteiger partial charge < -0.3 is 11.5 Å². The number of aromatic nitrogens is 6. The first-order valence-corrected chi connectivity index (χ1v) is 12.1. The first kappa shape index (κ1) is 26.5. The Morgan fingerprint density at radius 2 is 1.44 bits per heavy atom. The Hall–Kier alpha value is -4.12. The summed E-state index contributed by atoms with van der Waals surface area (Å²) >= 11 is 0. The summed E-state index contributed by atoms with van der Waals surface area (Å²) in [6.07, 6.45) is 9.18. The van der Waals surface area contributed by atoms with Crippen LogP contribution >= 0.6 is 0 Å². The van der Waals surface area contributed by atoms with Crippen LogP contribution in [0.5, 0.6) is 0 Å². The summed E-state index contributed by atoms with van der Waals surface area (Å²) in [4.78, 5) is 10.3. The Kier molecular flexibility index (Phi) is 10.1. The van der Waals surface area contributed by atoms with Gasteiger partial charge in [-0.2, -0.15) is 0 Å². The van der Waals surface area contributed by atoms with Gasteiger partial charge in [-0.25, -0.2) is 0 Å². The molecule has 2 aromatic heterocycles. The van der Waals surface area contributed by atoms with Crippen molar-refractivity contribution in [3.8, 4) is 22.5 Å². The minimum absolute atomic E-state index is 0.0676. The van der Waals surface area contributed by atoms with E-state index in [1.54, 1.807) is 16.8 Å². The van der Waals surface area contributed by atoms with Gasteiger partial charge in [0, 0.05) is 42.0 Å². The predicted octanol–water partition coefficient (Wildman–Crippen LogP) is 4.31. The van der Waals surface area contributed by atoms with E-state index in [9.17, 15) is 10.1 Å². The van der Waals surface area contributed by atoms with Crippen LogP contribution in [0, 0.1) is 10.1 Å². The van der Waals surface area contributed by atoms with E-state index in [1.165, 1.54) is 12.1 Å². The van der Waals surface area contributed by atoms with Crippen LogP contribution in [-0.4, -0.2) is 41.5 Å². The van der Waals surface area contributed by atoms with E-state index in [-0.39, 0.29) is 5.69 Å². The average molecular weight is 492 g/mol. The summed E-state index contributed by atoms with van der Waals surface area (Å²) in [6.45, 7) is 4.55. The number of nitrogen functional groups attached to an aromatic ring is 1. The van der Waals surface area contributed by atoms with Crippen LogP contribution in [0.1, 0.15) is 39.0 Å². The summed E-state index contributed by atoms with van der Waals surface area (Å²) in [5.41, 5.74) is 15.2. The number of nitro benzene ring substituents is 1. The van der Waals surface area contributed by atoms with Crippen molar-refractivity contribution in [2.45, 2.75) is 52.1 Å². The van der Waals surface area contributed by atoms with E-state index in [0.717, 1.165) is 74.2 Å². The summed E-state index contributed by atoms with van der Waals surface area (Å²) in [7, 11) is 0. The zero-order valence-electron chi connectivity index (χ0n) is 20.5. The Morgan fingerprint density at radius 1 is 0.861 bits per heavy atom. The maximum Gasteiger partial charge on any atom is 0.270 e. The third kappa shape index (κ3) is 7.98. The highest BCUT2D eigenvalue weighted by Gasteiger charge is 2.09. The number of non-ortho nitro benzene ring substituents is 1. The van der Waals surface area contributed by atoms with Crippen LogP contribution in [0.4, 0.5) is 11.4 Å². The third-order valence-electron chi connectivity index (χ3n) is 5.44. The van der Waals surface area contributed by atoms with Crippen LogP contribution < -0.4 is 11.5 Å². The van der Waals surface area contributed by atoms with Crippen LogP contribution in [0.3, 0.4) is 0 Å². The molecule has 0 amide bonds. The van der Waals surface area contributed by atoms with Crippen LogP contribution in [0.15, 0.2) is 60.9 Å². The lowest BCUT2D eigenvalue weighted by Crippen LogP contribution is -2.03. The molecule has 0 spiro atoms. The van der Waals surface area contributed by atoms with Crippen molar-refractivity contribution in [2.75, 3.05) is 12.3 Å². The molecule has 2 aromatic carbocycles. The van der Waals surface area contributed by atoms with Crippen molar-refractivity contribution in [3.05, 3.63) is 71.0 Å². The number of benzene rings is 2. The fourth-order valence-electron chi connectivity index (χ4n) is 3.50. The second-order valence-electron chi connectivity index (χ2n) is 8.37. The molecule has 36 heavy (non-hydrogen) atoms. The van der Waals surface area contributed by atoms with Gasteiger partial charge in [0.05, 0.1) is 17.3 Å². The molecule has 2 heterocycles. The number of anilines is 1. The molecule has 0 atom stereocenters. The van der Waals surface area contributed by atoms with Crippen LogP contribution in [-0.2, 0) is 13.1 Å². The van der Waals surface area contributed by atoms with Gasteiger partial charge in [0.15, 0.2) is 0 Å². The average Bonchev–Trinajstić information content (AvgIpc) is 3.55. The highest BCUT2D eigenvalue weighted by atomic mass is 16.6. The number of aryl methyl sites for hydroxylation is 2. The number of hydrogen-bond acceptors (Lipinski definition) is 8. The Bertz CT molecular complexity index is 1240. The number of nitrogens with zero attached hydrogens (tertiary/aromatic N) is 7. The van der Waals surface area contributed by atoms with Crippen molar-refractivity contribution in [3.63, 3.8) is 0 Å². The molecule has 0 aliphatic heterocycles. The quantitative estimate of drug-likeness (QED) is 0.136. The van der Waals surface area contributed by atoms with Gasteiger partial charge in [-0.05, 0) is 37.9 Å². The van der Waals surface area contributed by atoms with Crippen molar-refractivity contribution < 1.29 is 4.92 Å². The molecule has 0 bridgehead atoms. The van der Waals surface area contributed by atoms with Gasteiger partial charge in [-0.1, -0.05) is 54.5 Å². The molecule has 0 saturated heterocycles. The summed E-state index contributed by atoms with van der Waals surface area (Å²) < 4.78 is 3.62. The molecule has 11 nitrogen and oxygen atoms in total. The third-order valence-corrected chi connectivity index (χ3v) is 5.44. The number of rotatable bonds is 11. The van der Waals surface area contributed by atoms with Gasteiger partial charge in [0.1, 0.15) is 11.4 Å².